The molecule has 1 N–H and O–H groups in total. The highest BCUT2D eigenvalue weighted by atomic mass is 32.2. The highest BCUT2D eigenvalue weighted by molar-refractivity contribution is 7.99. The van der Waals surface area contributed by atoms with Crippen LogP contribution < -0.4 is 0 Å². The number of aromatic nitrogens is 3. The number of carbonyl (C=O) groups is 1. The van der Waals surface area contributed by atoms with Crippen LogP contribution in [0.25, 0.3) is 0 Å². The lowest BCUT2D eigenvalue weighted by Crippen LogP contribution is -2.26. The van der Waals surface area contributed by atoms with Crippen LogP contribution in [-0.4, -0.2) is 37.3 Å². The second-order valence-electron chi connectivity index (χ2n) is 4.99. The van der Waals surface area contributed by atoms with Crippen LogP contribution in [0.5, 0.6) is 0 Å². The van der Waals surface area contributed by atoms with Crippen LogP contribution in [0, 0.1) is 0 Å². The Hall–Kier alpha value is -1.04. The van der Waals surface area contributed by atoms with E-state index in [0.29, 0.717) is 12.3 Å². The van der Waals surface area contributed by atoms with Crippen LogP contribution in [0.3, 0.4) is 0 Å². The van der Waals surface area contributed by atoms with E-state index in [-0.39, 0.29) is 0 Å². The second kappa shape index (κ2) is 4.91. The van der Waals surface area contributed by atoms with Gasteiger partial charge in [-0.15, -0.1) is 0 Å². The predicted molar refractivity (Wildman–Crippen MR) is 68.9 cm³/mol. The Balaban J connectivity index is 1.88. The Morgan fingerprint density at radius 2 is 2.28 bits per heavy atom. The third-order valence-corrected chi connectivity index (χ3v) is 4.92. The number of hydrogen-bond acceptors (Lipinski definition) is 4. The number of nitrogens with zero attached hydrogens (tertiary/aromatic N) is 3. The molecule has 1 aromatic heterocycles. The summed E-state index contributed by atoms with van der Waals surface area (Å²) in [4.78, 5) is 15.8. The van der Waals surface area contributed by atoms with Crippen molar-refractivity contribution in [3.63, 3.8) is 0 Å². The largest absolute Gasteiger partial charge is 0.480 e. The SMILES string of the molecule is O=C(O)C1CCCc2nc(C3CCCSC3)nn21. The van der Waals surface area contributed by atoms with Crippen LogP contribution in [0.2, 0.25) is 0 Å². The monoisotopic (exact) mass is 267 g/mol. The van der Waals surface area contributed by atoms with Gasteiger partial charge >= 0.3 is 5.97 Å². The molecule has 1 aromatic rings. The van der Waals surface area contributed by atoms with E-state index in [0.717, 1.165) is 36.7 Å². The highest BCUT2D eigenvalue weighted by Crippen LogP contribution is 2.31. The first-order valence-electron chi connectivity index (χ1n) is 6.51. The highest BCUT2D eigenvalue weighted by Gasteiger charge is 2.30. The van der Waals surface area contributed by atoms with Gasteiger partial charge in [-0.3, -0.25) is 0 Å². The lowest BCUT2D eigenvalue weighted by molar-refractivity contribution is -0.141. The maximum atomic E-state index is 11.2. The van der Waals surface area contributed by atoms with E-state index in [1.54, 1.807) is 4.68 Å². The topological polar surface area (TPSA) is 68.0 Å². The van der Waals surface area contributed by atoms with Gasteiger partial charge in [0, 0.05) is 18.1 Å². The van der Waals surface area contributed by atoms with Crippen molar-refractivity contribution in [3.8, 4) is 0 Å². The molecule has 0 saturated carbocycles. The average molecular weight is 267 g/mol. The van der Waals surface area contributed by atoms with Crippen LogP contribution >= 0.6 is 11.8 Å². The fraction of sp³-hybridized carbons (Fsp3) is 0.750. The number of carboxylic acids is 1. The summed E-state index contributed by atoms with van der Waals surface area (Å²) >= 11 is 1.95. The van der Waals surface area contributed by atoms with Gasteiger partial charge < -0.3 is 5.11 Å². The van der Waals surface area contributed by atoms with Crippen molar-refractivity contribution in [3.05, 3.63) is 11.6 Å². The Morgan fingerprint density at radius 1 is 1.39 bits per heavy atom. The fourth-order valence-corrected chi connectivity index (χ4v) is 3.85. The third kappa shape index (κ3) is 2.13. The van der Waals surface area contributed by atoms with Gasteiger partial charge in [-0.05, 0) is 31.4 Å². The summed E-state index contributed by atoms with van der Waals surface area (Å²) in [7, 11) is 0. The molecule has 0 aromatic carbocycles. The molecule has 18 heavy (non-hydrogen) atoms. The predicted octanol–water partition coefficient (Wildman–Crippen LogP) is 1.85. The van der Waals surface area contributed by atoms with Crippen LogP contribution in [0.4, 0.5) is 0 Å². The van der Waals surface area contributed by atoms with Gasteiger partial charge in [-0.25, -0.2) is 14.5 Å². The molecular weight excluding hydrogens is 250 g/mol. The number of thioether (sulfide) groups is 1. The maximum absolute atomic E-state index is 11.2. The molecule has 3 heterocycles. The van der Waals surface area contributed by atoms with Gasteiger partial charge in [-0.1, -0.05) is 0 Å². The molecule has 6 heteroatoms. The zero-order chi connectivity index (χ0) is 12.5. The van der Waals surface area contributed by atoms with E-state index >= 15 is 0 Å². The third-order valence-electron chi connectivity index (χ3n) is 3.70. The van der Waals surface area contributed by atoms with Gasteiger partial charge in [0.2, 0.25) is 0 Å². The van der Waals surface area contributed by atoms with Gasteiger partial charge in [0.15, 0.2) is 11.9 Å². The summed E-state index contributed by atoms with van der Waals surface area (Å²) in [5.41, 5.74) is 0. The lowest BCUT2D eigenvalue weighted by Gasteiger charge is -2.19. The van der Waals surface area contributed by atoms with Crippen molar-refractivity contribution < 1.29 is 9.90 Å². The molecule has 2 atom stereocenters. The molecule has 5 nitrogen and oxygen atoms in total. The Labute approximate surface area is 110 Å². The minimum absolute atomic E-state index is 0.413. The lowest BCUT2D eigenvalue weighted by atomic mass is 10.0. The molecule has 0 amide bonds. The summed E-state index contributed by atoms with van der Waals surface area (Å²) in [6, 6.07) is -0.508. The standard InChI is InChI=1S/C12H17N3O2S/c16-12(17)9-4-1-5-10-13-11(14-15(9)10)8-3-2-6-18-7-8/h8-9H,1-7H2,(H,16,17). The molecule has 0 bridgehead atoms. The van der Waals surface area contributed by atoms with E-state index in [4.69, 9.17) is 0 Å². The number of hydrogen-bond donors (Lipinski definition) is 1. The first-order chi connectivity index (χ1) is 8.75. The molecule has 0 aliphatic carbocycles. The van der Waals surface area contributed by atoms with Crippen LogP contribution in [0.1, 0.15) is 49.3 Å². The fourth-order valence-electron chi connectivity index (χ4n) is 2.72. The number of aliphatic carboxylic acids is 1. The molecular formula is C12H17N3O2S. The molecule has 3 rings (SSSR count). The molecule has 98 valence electrons. The van der Waals surface area contributed by atoms with Crippen molar-refractivity contribution >= 4 is 17.7 Å². The Morgan fingerprint density at radius 3 is 3.00 bits per heavy atom. The zero-order valence-electron chi connectivity index (χ0n) is 10.2. The van der Waals surface area contributed by atoms with Gasteiger partial charge in [-0.2, -0.15) is 16.9 Å². The first kappa shape index (κ1) is 12.0. The summed E-state index contributed by atoms with van der Waals surface area (Å²) in [5.74, 6) is 3.65. The molecule has 2 unspecified atom stereocenters. The Bertz CT molecular complexity index is 454. The summed E-state index contributed by atoms with van der Waals surface area (Å²) in [6.07, 6.45) is 4.77. The van der Waals surface area contributed by atoms with Crippen molar-refractivity contribution in [2.75, 3.05) is 11.5 Å². The van der Waals surface area contributed by atoms with Crippen molar-refractivity contribution in [1.29, 1.82) is 0 Å². The van der Waals surface area contributed by atoms with E-state index in [1.807, 2.05) is 11.8 Å². The summed E-state index contributed by atoms with van der Waals surface area (Å²) in [5, 5.41) is 13.7. The minimum Gasteiger partial charge on any atom is -0.480 e. The maximum Gasteiger partial charge on any atom is 0.328 e. The van der Waals surface area contributed by atoms with Gasteiger partial charge in [0.25, 0.3) is 0 Å². The van der Waals surface area contributed by atoms with Gasteiger partial charge in [0.1, 0.15) is 5.82 Å². The smallest absolute Gasteiger partial charge is 0.328 e. The second-order valence-corrected chi connectivity index (χ2v) is 6.14. The Kier molecular flexibility index (Phi) is 3.28. The molecule has 2 aliphatic rings. The molecule has 1 fully saturated rings. The summed E-state index contributed by atoms with van der Waals surface area (Å²) in [6.45, 7) is 0. The van der Waals surface area contributed by atoms with E-state index in [2.05, 4.69) is 10.1 Å². The molecule has 0 spiro atoms. The zero-order valence-corrected chi connectivity index (χ0v) is 11.0. The van der Waals surface area contributed by atoms with E-state index in [9.17, 15) is 9.90 Å². The average Bonchev–Trinajstić information content (AvgIpc) is 2.83. The van der Waals surface area contributed by atoms with Crippen molar-refractivity contribution in [2.45, 2.75) is 44.1 Å². The van der Waals surface area contributed by atoms with Crippen LogP contribution in [0.15, 0.2) is 0 Å². The van der Waals surface area contributed by atoms with E-state index < -0.39 is 12.0 Å². The van der Waals surface area contributed by atoms with Gasteiger partial charge in [0.05, 0.1) is 0 Å². The molecule has 2 aliphatic heterocycles. The van der Waals surface area contributed by atoms with Crippen molar-refractivity contribution in [2.24, 2.45) is 0 Å². The number of rotatable bonds is 2. The molecule has 0 radical (unpaired) electrons. The number of aryl methyl sites for hydroxylation is 1. The quantitative estimate of drug-likeness (QED) is 0.885. The minimum atomic E-state index is -0.787. The normalized spacial score (nSPS) is 27.8. The van der Waals surface area contributed by atoms with Crippen LogP contribution in [-0.2, 0) is 11.2 Å². The number of fused-ring (bicyclic) bond motifs is 1. The van der Waals surface area contributed by atoms with Crippen molar-refractivity contribution in [1.82, 2.24) is 14.8 Å². The number of carboxylic acid groups (broad SMARTS) is 1. The molecule has 1 saturated heterocycles. The first-order valence-corrected chi connectivity index (χ1v) is 7.67. The summed E-state index contributed by atoms with van der Waals surface area (Å²) < 4.78 is 1.65. The van der Waals surface area contributed by atoms with E-state index in [1.165, 1.54) is 12.2 Å².